The molecular formula is C7H12N4O. The summed E-state index contributed by atoms with van der Waals surface area (Å²) in [6.45, 7) is 2.48. The Morgan fingerprint density at radius 3 is 3.17 bits per heavy atom. The molecule has 0 bridgehead atoms. The van der Waals surface area contributed by atoms with Crippen molar-refractivity contribution >= 4 is 5.82 Å². The average molecular weight is 168 g/mol. The topological polar surface area (TPSA) is 83.8 Å². The van der Waals surface area contributed by atoms with Gasteiger partial charge in [-0.05, 0) is 6.92 Å². The lowest BCUT2D eigenvalue weighted by Crippen LogP contribution is -2.26. The van der Waals surface area contributed by atoms with E-state index < -0.39 is 0 Å². The molecule has 12 heavy (non-hydrogen) atoms. The van der Waals surface area contributed by atoms with Gasteiger partial charge in [-0.25, -0.2) is 4.98 Å². The van der Waals surface area contributed by atoms with Crippen LogP contribution < -0.4 is 16.6 Å². The van der Waals surface area contributed by atoms with Crippen LogP contribution in [-0.2, 0) is 0 Å². The fraction of sp³-hybridized carbons (Fsp3) is 0.429. The molecule has 0 saturated heterocycles. The van der Waals surface area contributed by atoms with Crippen LogP contribution in [0.5, 0.6) is 0 Å². The second-order valence-electron chi connectivity index (χ2n) is 2.65. The number of H-pyrrole nitrogens is 1. The van der Waals surface area contributed by atoms with Crippen molar-refractivity contribution in [2.75, 3.05) is 11.9 Å². The Morgan fingerprint density at radius 1 is 1.83 bits per heavy atom. The SMILES string of the molecule is CC(N)CNc1cc(=O)[nH]cn1. The fourth-order valence-electron chi connectivity index (χ4n) is 0.731. The zero-order valence-corrected chi connectivity index (χ0v) is 6.87. The molecule has 0 saturated carbocycles. The third-order valence-electron chi connectivity index (χ3n) is 1.28. The van der Waals surface area contributed by atoms with Crippen molar-refractivity contribution < 1.29 is 0 Å². The molecule has 1 aromatic rings. The van der Waals surface area contributed by atoms with Crippen LogP contribution in [0.1, 0.15) is 6.92 Å². The van der Waals surface area contributed by atoms with Crippen LogP contribution >= 0.6 is 0 Å². The van der Waals surface area contributed by atoms with E-state index in [0.29, 0.717) is 12.4 Å². The third-order valence-corrected chi connectivity index (χ3v) is 1.28. The molecule has 1 unspecified atom stereocenters. The number of rotatable bonds is 3. The highest BCUT2D eigenvalue weighted by atomic mass is 16.1. The zero-order chi connectivity index (χ0) is 8.97. The minimum atomic E-state index is -0.169. The van der Waals surface area contributed by atoms with Gasteiger partial charge in [0.15, 0.2) is 0 Å². The van der Waals surface area contributed by atoms with E-state index >= 15 is 0 Å². The van der Waals surface area contributed by atoms with Gasteiger partial charge in [-0.1, -0.05) is 0 Å². The number of aromatic nitrogens is 2. The molecule has 0 aliphatic carbocycles. The molecule has 5 nitrogen and oxygen atoms in total. The Balaban J connectivity index is 2.58. The van der Waals surface area contributed by atoms with E-state index in [9.17, 15) is 4.79 Å². The Labute approximate surface area is 70.0 Å². The van der Waals surface area contributed by atoms with Gasteiger partial charge in [0.1, 0.15) is 5.82 Å². The summed E-state index contributed by atoms with van der Waals surface area (Å²) in [6, 6.07) is 1.44. The van der Waals surface area contributed by atoms with Gasteiger partial charge < -0.3 is 16.0 Å². The summed E-state index contributed by atoms with van der Waals surface area (Å²) in [6.07, 6.45) is 1.35. The predicted molar refractivity (Wildman–Crippen MR) is 47.0 cm³/mol. The first-order chi connectivity index (χ1) is 5.68. The molecule has 1 rings (SSSR count). The number of nitrogens with zero attached hydrogens (tertiary/aromatic N) is 1. The maximum Gasteiger partial charge on any atom is 0.252 e. The molecular weight excluding hydrogens is 156 g/mol. The number of anilines is 1. The van der Waals surface area contributed by atoms with Gasteiger partial charge in [0, 0.05) is 18.7 Å². The first-order valence-corrected chi connectivity index (χ1v) is 3.72. The Bertz CT molecular complexity index is 293. The number of nitrogens with one attached hydrogen (secondary N) is 2. The minimum Gasteiger partial charge on any atom is -0.368 e. The van der Waals surface area contributed by atoms with Crippen LogP contribution in [-0.4, -0.2) is 22.6 Å². The van der Waals surface area contributed by atoms with Crippen molar-refractivity contribution in [3.63, 3.8) is 0 Å². The maximum atomic E-state index is 10.8. The van der Waals surface area contributed by atoms with E-state index in [2.05, 4.69) is 15.3 Å². The minimum absolute atomic E-state index is 0.0473. The molecule has 5 heteroatoms. The van der Waals surface area contributed by atoms with Crippen molar-refractivity contribution in [2.45, 2.75) is 13.0 Å². The molecule has 4 N–H and O–H groups in total. The molecule has 0 spiro atoms. The second kappa shape index (κ2) is 3.87. The predicted octanol–water partition coefficient (Wildman–Crippen LogP) is -0.471. The number of hydrogen-bond acceptors (Lipinski definition) is 4. The molecule has 1 aromatic heterocycles. The van der Waals surface area contributed by atoms with Gasteiger partial charge >= 0.3 is 0 Å². The molecule has 66 valence electrons. The van der Waals surface area contributed by atoms with E-state index in [4.69, 9.17) is 5.73 Å². The highest BCUT2D eigenvalue weighted by Gasteiger charge is 1.95. The van der Waals surface area contributed by atoms with Gasteiger partial charge in [0.05, 0.1) is 6.33 Å². The smallest absolute Gasteiger partial charge is 0.252 e. The van der Waals surface area contributed by atoms with Crippen LogP contribution in [0.4, 0.5) is 5.82 Å². The summed E-state index contributed by atoms with van der Waals surface area (Å²) in [5.41, 5.74) is 5.33. The molecule has 0 fully saturated rings. The Morgan fingerprint density at radius 2 is 2.58 bits per heavy atom. The van der Waals surface area contributed by atoms with Crippen molar-refractivity contribution in [1.29, 1.82) is 0 Å². The van der Waals surface area contributed by atoms with Crippen molar-refractivity contribution in [3.8, 4) is 0 Å². The van der Waals surface area contributed by atoms with Gasteiger partial charge in [-0.2, -0.15) is 0 Å². The van der Waals surface area contributed by atoms with Crippen LogP contribution in [0.25, 0.3) is 0 Å². The summed E-state index contributed by atoms with van der Waals surface area (Å²) >= 11 is 0. The molecule has 1 atom stereocenters. The number of aromatic amines is 1. The Kier molecular flexibility index (Phi) is 2.82. The molecule has 0 amide bonds. The summed E-state index contributed by atoms with van der Waals surface area (Å²) in [7, 11) is 0. The lowest BCUT2D eigenvalue weighted by Gasteiger charge is -2.06. The lowest BCUT2D eigenvalue weighted by atomic mass is 10.3. The second-order valence-corrected chi connectivity index (χ2v) is 2.65. The molecule has 0 aliphatic rings. The lowest BCUT2D eigenvalue weighted by molar-refractivity contribution is 0.776. The largest absolute Gasteiger partial charge is 0.368 e. The first-order valence-electron chi connectivity index (χ1n) is 3.72. The first kappa shape index (κ1) is 8.73. The van der Waals surface area contributed by atoms with Crippen molar-refractivity contribution in [1.82, 2.24) is 9.97 Å². The van der Waals surface area contributed by atoms with Crippen LogP contribution in [0, 0.1) is 0 Å². The number of nitrogens with two attached hydrogens (primary N) is 1. The maximum absolute atomic E-state index is 10.8. The molecule has 0 aromatic carbocycles. The van der Waals surface area contributed by atoms with Crippen LogP contribution in [0.3, 0.4) is 0 Å². The third kappa shape index (κ3) is 2.71. The highest BCUT2D eigenvalue weighted by Crippen LogP contribution is 1.93. The zero-order valence-electron chi connectivity index (χ0n) is 6.87. The Hall–Kier alpha value is -1.36. The van der Waals surface area contributed by atoms with Crippen molar-refractivity contribution in [3.05, 3.63) is 22.7 Å². The molecule has 0 radical (unpaired) electrons. The van der Waals surface area contributed by atoms with Crippen LogP contribution in [0.2, 0.25) is 0 Å². The van der Waals surface area contributed by atoms with Crippen molar-refractivity contribution in [2.24, 2.45) is 5.73 Å². The van der Waals surface area contributed by atoms with Gasteiger partial charge in [-0.3, -0.25) is 4.79 Å². The summed E-state index contributed by atoms with van der Waals surface area (Å²) in [5.74, 6) is 0.552. The van der Waals surface area contributed by atoms with Gasteiger partial charge in [0.2, 0.25) is 0 Å². The highest BCUT2D eigenvalue weighted by molar-refractivity contribution is 5.31. The fourth-order valence-corrected chi connectivity index (χ4v) is 0.731. The number of hydrogen-bond donors (Lipinski definition) is 3. The summed E-state index contributed by atoms with van der Waals surface area (Å²) in [4.78, 5) is 17.1. The van der Waals surface area contributed by atoms with E-state index in [0.717, 1.165) is 0 Å². The van der Waals surface area contributed by atoms with E-state index in [1.165, 1.54) is 12.4 Å². The normalized spacial score (nSPS) is 12.5. The van der Waals surface area contributed by atoms with E-state index in [-0.39, 0.29) is 11.6 Å². The molecule has 1 heterocycles. The summed E-state index contributed by atoms with van der Waals surface area (Å²) < 4.78 is 0. The standard InChI is InChI=1S/C7H12N4O/c1-5(8)3-9-6-2-7(12)11-4-10-6/h2,4-5H,3,8H2,1H3,(H2,9,10,11,12). The van der Waals surface area contributed by atoms with Gasteiger partial charge in [0.25, 0.3) is 5.56 Å². The van der Waals surface area contributed by atoms with Gasteiger partial charge in [-0.15, -0.1) is 0 Å². The van der Waals surface area contributed by atoms with Crippen LogP contribution in [0.15, 0.2) is 17.2 Å². The molecule has 0 aliphatic heterocycles. The summed E-state index contributed by atoms with van der Waals surface area (Å²) in [5, 5.41) is 2.93. The quantitative estimate of drug-likeness (QED) is 0.569. The van der Waals surface area contributed by atoms with E-state index in [1.54, 1.807) is 0 Å². The van der Waals surface area contributed by atoms with E-state index in [1.807, 2.05) is 6.92 Å². The monoisotopic (exact) mass is 168 g/mol. The average Bonchev–Trinajstić information content (AvgIpc) is 2.01.